The lowest BCUT2D eigenvalue weighted by Crippen LogP contribution is -2.00. The molecule has 0 aliphatic heterocycles. The summed E-state index contributed by atoms with van der Waals surface area (Å²) in [6, 6.07) is 14.4. The average Bonchev–Trinajstić information content (AvgIpc) is 3.01. The fourth-order valence-corrected chi connectivity index (χ4v) is 5.30. The van der Waals surface area contributed by atoms with E-state index < -0.39 is 0 Å². The van der Waals surface area contributed by atoms with Crippen LogP contribution in [0.2, 0.25) is 0 Å². The van der Waals surface area contributed by atoms with Crippen LogP contribution in [0.1, 0.15) is 159 Å². The highest BCUT2D eigenvalue weighted by Crippen LogP contribution is 2.25. The molecule has 0 heterocycles. The molecular weight excluding hydrogens is 512 g/mol. The monoisotopic (exact) mass is 572 g/mol. The molecule has 0 aromatic heterocycles. The summed E-state index contributed by atoms with van der Waals surface area (Å²) in [6.45, 7) is 6.08. The highest BCUT2D eigenvalue weighted by Gasteiger charge is 2.04. The lowest BCUT2D eigenvalue weighted by Gasteiger charge is -2.12. The van der Waals surface area contributed by atoms with E-state index in [1.54, 1.807) is 0 Å². The van der Waals surface area contributed by atoms with E-state index in [0.717, 1.165) is 54.2 Å². The van der Waals surface area contributed by atoms with Crippen LogP contribution in [0.5, 0.6) is 11.5 Å². The molecule has 0 saturated carbocycles. The minimum atomic E-state index is 0.759. The summed E-state index contributed by atoms with van der Waals surface area (Å²) in [7, 11) is 0. The Bertz CT molecular complexity index is 937. The van der Waals surface area contributed by atoms with E-state index in [9.17, 15) is 0 Å². The Balaban J connectivity index is 1.78. The van der Waals surface area contributed by atoms with Crippen LogP contribution in [0.25, 0.3) is 12.2 Å². The van der Waals surface area contributed by atoms with Gasteiger partial charge in [0.25, 0.3) is 0 Å². The van der Waals surface area contributed by atoms with Crippen LogP contribution in [-0.2, 0) is 0 Å². The number of terminal acetylenes is 1. The molecule has 232 valence electrons. The lowest BCUT2D eigenvalue weighted by atomic mass is 10.1. The molecule has 0 aliphatic carbocycles. The van der Waals surface area contributed by atoms with Crippen molar-refractivity contribution in [3.05, 3.63) is 59.2 Å². The minimum absolute atomic E-state index is 0.759. The van der Waals surface area contributed by atoms with Gasteiger partial charge in [-0.2, -0.15) is 0 Å². The van der Waals surface area contributed by atoms with Crippen molar-refractivity contribution in [1.82, 2.24) is 0 Å². The van der Waals surface area contributed by atoms with Crippen molar-refractivity contribution < 1.29 is 9.47 Å². The molecule has 0 N–H and O–H groups in total. The summed E-state index contributed by atoms with van der Waals surface area (Å²) in [5, 5.41) is 0. The second kappa shape index (κ2) is 24.9. The molecule has 0 bridgehead atoms. The van der Waals surface area contributed by atoms with Crippen LogP contribution in [0.4, 0.5) is 0 Å². The Hall–Kier alpha value is -2.66. The summed E-state index contributed by atoms with van der Waals surface area (Å²) in [4.78, 5) is 0. The highest BCUT2D eigenvalue weighted by atomic mass is 16.5. The highest BCUT2D eigenvalue weighted by molar-refractivity contribution is 5.71. The third-order valence-electron chi connectivity index (χ3n) is 7.98. The van der Waals surface area contributed by atoms with Crippen molar-refractivity contribution in [3.8, 4) is 23.8 Å². The van der Waals surface area contributed by atoms with Gasteiger partial charge >= 0.3 is 0 Å². The van der Waals surface area contributed by atoms with Gasteiger partial charge in [0.05, 0.1) is 13.2 Å². The molecule has 42 heavy (non-hydrogen) atoms. The average molecular weight is 573 g/mol. The fraction of sp³-hybridized carbons (Fsp3) is 0.600. The number of unbranched alkanes of at least 4 members (excludes halogenated alkanes) is 18. The second-order valence-electron chi connectivity index (χ2n) is 11.9. The smallest absolute Gasteiger partial charge is 0.123 e. The summed E-state index contributed by atoms with van der Waals surface area (Å²) < 4.78 is 12.4. The number of hydrogen-bond donors (Lipinski definition) is 0. The fourth-order valence-electron chi connectivity index (χ4n) is 5.30. The zero-order valence-corrected chi connectivity index (χ0v) is 27.1. The van der Waals surface area contributed by atoms with Gasteiger partial charge in [-0.1, -0.05) is 160 Å². The topological polar surface area (TPSA) is 18.5 Å². The summed E-state index contributed by atoms with van der Waals surface area (Å²) in [6.07, 6.45) is 36.4. The van der Waals surface area contributed by atoms with E-state index in [-0.39, 0.29) is 0 Å². The maximum atomic E-state index is 6.21. The summed E-state index contributed by atoms with van der Waals surface area (Å²) >= 11 is 0. The van der Waals surface area contributed by atoms with Crippen molar-refractivity contribution in [2.45, 2.75) is 142 Å². The molecule has 0 aliphatic rings. The normalized spacial score (nSPS) is 11.2. The first kappa shape index (κ1) is 35.5. The van der Waals surface area contributed by atoms with Gasteiger partial charge in [0.15, 0.2) is 0 Å². The zero-order chi connectivity index (χ0) is 29.9. The van der Waals surface area contributed by atoms with Crippen LogP contribution in [-0.4, -0.2) is 13.2 Å². The zero-order valence-electron chi connectivity index (χ0n) is 27.1. The predicted octanol–water partition coefficient (Wildman–Crippen LogP) is 12.4. The molecule has 0 atom stereocenters. The first-order chi connectivity index (χ1) is 20.7. The number of hydrogen-bond acceptors (Lipinski definition) is 2. The maximum Gasteiger partial charge on any atom is 0.123 e. The second-order valence-corrected chi connectivity index (χ2v) is 11.9. The maximum absolute atomic E-state index is 6.21. The number of benzene rings is 2. The van der Waals surface area contributed by atoms with E-state index in [4.69, 9.17) is 15.9 Å². The Morgan fingerprint density at radius 1 is 0.500 bits per heavy atom. The Labute approximate surface area is 259 Å². The lowest BCUT2D eigenvalue weighted by molar-refractivity contribution is 0.289. The summed E-state index contributed by atoms with van der Waals surface area (Å²) in [5.74, 6) is 4.47. The standard InChI is InChI=1S/C40H60O2/c1-4-7-9-11-13-15-17-19-21-23-31-41-39-33-38(30-29-37-27-25-36(6-3)26-28-37)34-40(35-39)42-32-24-22-20-18-16-14-12-10-8-5-2/h3,25-30,33-35H,4-5,7-24,31-32H2,1-2H3/b30-29+. The molecule has 0 spiro atoms. The van der Waals surface area contributed by atoms with Gasteiger partial charge in [-0.05, 0) is 48.2 Å². The van der Waals surface area contributed by atoms with Gasteiger partial charge in [0.2, 0.25) is 0 Å². The first-order valence-electron chi connectivity index (χ1n) is 17.4. The molecule has 0 radical (unpaired) electrons. The first-order valence-corrected chi connectivity index (χ1v) is 17.4. The molecule has 2 rings (SSSR count). The molecule has 2 heteroatoms. The van der Waals surface area contributed by atoms with Crippen LogP contribution in [0, 0.1) is 12.3 Å². The van der Waals surface area contributed by atoms with Gasteiger partial charge in [0.1, 0.15) is 11.5 Å². The minimum Gasteiger partial charge on any atom is -0.493 e. The van der Waals surface area contributed by atoms with Gasteiger partial charge in [-0.15, -0.1) is 6.42 Å². The van der Waals surface area contributed by atoms with E-state index in [2.05, 4.69) is 62.3 Å². The molecule has 0 fully saturated rings. The van der Waals surface area contributed by atoms with Gasteiger partial charge in [-0.25, -0.2) is 0 Å². The molecule has 0 unspecified atom stereocenters. The summed E-state index contributed by atoms with van der Waals surface area (Å²) in [5.41, 5.74) is 3.12. The Morgan fingerprint density at radius 3 is 1.29 bits per heavy atom. The van der Waals surface area contributed by atoms with E-state index >= 15 is 0 Å². The SMILES string of the molecule is C#Cc1ccc(/C=C/c2cc(OCCCCCCCCCCCC)cc(OCCCCCCCCCCCC)c2)cc1. The van der Waals surface area contributed by atoms with E-state index in [0.29, 0.717) is 0 Å². The van der Waals surface area contributed by atoms with Gasteiger partial charge < -0.3 is 9.47 Å². The van der Waals surface area contributed by atoms with Crippen LogP contribution >= 0.6 is 0 Å². The van der Waals surface area contributed by atoms with Crippen molar-refractivity contribution in [2.24, 2.45) is 0 Å². The molecule has 0 saturated heterocycles. The molecule has 2 aromatic rings. The van der Waals surface area contributed by atoms with Crippen LogP contribution < -0.4 is 9.47 Å². The number of ether oxygens (including phenoxy) is 2. The van der Waals surface area contributed by atoms with Gasteiger partial charge in [-0.3, -0.25) is 0 Å². The van der Waals surface area contributed by atoms with Crippen LogP contribution in [0.15, 0.2) is 42.5 Å². The predicted molar refractivity (Wildman–Crippen MR) is 184 cm³/mol. The van der Waals surface area contributed by atoms with Crippen molar-refractivity contribution >= 4 is 12.2 Å². The third-order valence-corrected chi connectivity index (χ3v) is 7.98. The third kappa shape index (κ3) is 18.0. The van der Waals surface area contributed by atoms with E-state index in [1.165, 1.54) is 116 Å². The molecular formula is C40H60O2. The Morgan fingerprint density at radius 2 is 0.881 bits per heavy atom. The van der Waals surface area contributed by atoms with Gasteiger partial charge in [0, 0.05) is 11.6 Å². The van der Waals surface area contributed by atoms with Crippen molar-refractivity contribution in [3.63, 3.8) is 0 Å². The van der Waals surface area contributed by atoms with Crippen LogP contribution in [0.3, 0.4) is 0 Å². The number of rotatable bonds is 26. The van der Waals surface area contributed by atoms with Crippen molar-refractivity contribution in [1.29, 1.82) is 0 Å². The molecule has 2 nitrogen and oxygen atoms in total. The largest absolute Gasteiger partial charge is 0.493 e. The van der Waals surface area contributed by atoms with E-state index in [1.807, 2.05) is 12.1 Å². The molecule has 0 amide bonds. The molecule has 2 aromatic carbocycles. The van der Waals surface area contributed by atoms with Crippen molar-refractivity contribution in [2.75, 3.05) is 13.2 Å². The Kier molecular flexibility index (Phi) is 21.1. The quantitative estimate of drug-likeness (QED) is 0.0634.